The number of hydrogen-bond acceptors (Lipinski definition) is 3. The molecule has 0 aromatic rings. The minimum absolute atomic E-state index is 0.220. The van der Waals surface area contributed by atoms with Crippen LogP contribution in [0.15, 0.2) is 0 Å². The summed E-state index contributed by atoms with van der Waals surface area (Å²) in [6.07, 6.45) is 8.88. The molecule has 0 radical (unpaired) electrons. The molecular weight excluding hydrogens is 236 g/mol. The van der Waals surface area contributed by atoms with Crippen molar-refractivity contribution in [3.63, 3.8) is 0 Å². The SMILES string of the molecule is CCCOC1CCCN(C(CN)(CCC)CCC)C1. The van der Waals surface area contributed by atoms with Gasteiger partial charge < -0.3 is 10.5 Å². The van der Waals surface area contributed by atoms with E-state index in [1.807, 2.05) is 0 Å². The van der Waals surface area contributed by atoms with Gasteiger partial charge in [-0.3, -0.25) is 4.90 Å². The zero-order valence-corrected chi connectivity index (χ0v) is 13.3. The van der Waals surface area contributed by atoms with Crippen molar-refractivity contribution in [2.75, 3.05) is 26.2 Å². The number of rotatable bonds is 9. The van der Waals surface area contributed by atoms with E-state index in [2.05, 4.69) is 25.7 Å². The molecule has 0 amide bonds. The number of nitrogens with two attached hydrogens (primary N) is 1. The van der Waals surface area contributed by atoms with Crippen LogP contribution in [0.3, 0.4) is 0 Å². The van der Waals surface area contributed by atoms with Gasteiger partial charge in [0, 0.05) is 25.2 Å². The van der Waals surface area contributed by atoms with Crippen LogP contribution < -0.4 is 5.73 Å². The van der Waals surface area contributed by atoms with Crippen LogP contribution in [0.25, 0.3) is 0 Å². The molecule has 1 heterocycles. The smallest absolute Gasteiger partial charge is 0.0702 e. The average Bonchev–Trinajstić information content (AvgIpc) is 2.45. The summed E-state index contributed by atoms with van der Waals surface area (Å²) >= 11 is 0. The van der Waals surface area contributed by atoms with Gasteiger partial charge in [0.25, 0.3) is 0 Å². The molecule has 0 aliphatic carbocycles. The van der Waals surface area contributed by atoms with E-state index in [-0.39, 0.29) is 5.54 Å². The van der Waals surface area contributed by atoms with Gasteiger partial charge in [-0.05, 0) is 38.6 Å². The van der Waals surface area contributed by atoms with Gasteiger partial charge in [-0.15, -0.1) is 0 Å². The lowest BCUT2D eigenvalue weighted by Gasteiger charge is -2.47. The summed E-state index contributed by atoms with van der Waals surface area (Å²) in [6.45, 7) is 10.7. The molecule has 0 aromatic carbocycles. The third-order valence-corrected chi connectivity index (χ3v) is 4.42. The Labute approximate surface area is 119 Å². The fourth-order valence-electron chi connectivity index (χ4n) is 3.49. The van der Waals surface area contributed by atoms with E-state index >= 15 is 0 Å². The minimum Gasteiger partial charge on any atom is -0.377 e. The Balaban J connectivity index is 2.66. The van der Waals surface area contributed by atoms with Crippen LogP contribution in [0.2, 0.25) is 0 Å². The largest absolute Gasteiger partial charge is 0.377 e. The van der Waals surface area contributed by atoms with E-state index in [0.29, 0.717) is 6.10 Å². The molecule has 2 N–H and O–H groups in total. The van der Waals surface area contributed by atoms with Crippen molar-refractivity contribution in [1.82, 2.24) is 4.90 Å². The van der Waals surface area contributed by atoms with Crippen LogP contribution >= 0.6 is 0 Å². The lowest BCUT2D eigenvalue weighted by molar-refractivity contribution is -0.0416. The second-order valence-electron chi connectivity index (χ2n) is 6.01. The van der Waals surface area contributed by atoms with Crippen LogP contribution in [0.1, 0.15) is 65.7 Å². The Hall–Kier alpha value is -0.120. The van der Waals surface area contributed by atoms with Gasteiger partial charge in [-0.1, -0.05) is 33.6 Å². The molecule has 3 heteroatoms. The van der Waals surface area contributed by atoms with E-state index in [0.717, 1.165) is 26.1 Å². The van der Waals surface area contributed by atoms with Crippen molar-refractivity contribution in [3.05, 3.63) is 0 Å². The molecule has 0 aromatic heterocycles. The number of nitrogens with zero attached hydrogens (tertiary/aromatic N) is 1. The normalized spacial score (nSPS) is 21.8. The van der Waals surface area contributed by atoms with E-state index < -0.39 is 0 Å². The standard InChI is InChI=1S/C16H34N2O/c1-4-9-16(14-17,10-5-2)18-11-7-8-15(13-18)19-12-6-3/h15H,4-14,17H2,1-3H3. The summed E-state index contributed by atoms with van der Waals surface area (Å²) < 4.78 is 5.98. The summed E-state index contributed by atoms with van der Waals surface area (Å²) in [5, 5.41) is 0. The summed E-state index contributed by atoms with van der Waals surface area (Å²) in [6, 6.07) is 0. The van der Waals surface area contributed by atoms with Crippen molar-refractivity contribution >= 4 is 0 Å². The van der Waals surface area contributed by atoms with Crippen LogP contribution in [0.4, 0.5) is 0 Å². The molecule has 1 atom stereocenters. The minimum atomic E-state index is 0.220. The van der Waals surface area contributed by atoms with E-state index in [1.54, 1.807) is 0 Å². The Morgan fingerprint density at radius 2 is 1.84 bits per heavy atom. The van der Waals surface area contributed by atoms with Gasteiger partial charge in [0.05, 0.1) is 6.10 Å². The van der Waals surface area contributed by atoms with Gasteiger partial charge in [-0.25, -0.2) is 0 Å². The first-order chi connectivity index (χ1) is 9.22. The van der Waals surface area contributed by atoms with Crippen molar-refractivity contribution in [2.45, 2.75) is 77.4 Å². The van der Waals surface area contributed by atoms with Gasteiger partial charge in [-0.2, -0.15) is 0 Å². The summed E-state index contributed by atoms with van der Waals surface area (Å²) in [4.78, 5) is 2.64. The lowest BCUT2D eigenvalue weighted by atomic mass is 9.85. The molecule has 0 spiro atoms. The molecule has 3 nitrogen and oxygen atoms in total. The van der Waals surface area contributed by atoms with Gasteiger partial charge in [0.1, 0.15) is 0 Å². The van der Waals surface area contributed by atoms with Crippen molar-refractivity contribution in [2.24, 2.45) is 5.73 Å². The molecule has 1 unspecified atom stereocenters. The third-order valence-electron chi connectivity index (χ3n) is 4.42. The number of likely N-dealkylation sites (tertiary alicyclic amines) is 1. The monoisotopic (exact) mass is 270 g/mol. The van der Waals surface area contributed by atoms with Crippen LogP contribution in [0.5, 0.6) is 0 Å². The molecule has 0 bridgehead atoms. The van der Waals surface area contributed by atoms with E-state index in [1.165, 1.54) is 45.1 Å². The molecular formula is C16H34N2O. The molecule has 1 aliphatic heterocycles. The fraction of sp³-hybridized carbons (Fsp3) is 1.00. The maximum atomic E-state index is 6.17. The molecule has 1 fully saturated rings. The number of piperidine rings is 1. The third kappa shape index (κ3) is 4.73. The Morgan fingerprint density at radius 3 is 2.37 bits per heavy atom. The second-order valence-corrected chi connectivity index (χ2v) is 6.01. The highest BCUT2D eigenvalue weighted by atomic mass is 16.5. The zero-order valence-electron chi connectivity index (χ0n) is 13.3. The van der Waals surface area contributed by atoms with E-state index in [9.17, 15) is 0 Å². The predicted octanol–water partition coefficient (Wildman–Crippen LogP) is 3.18. The molecule has 19 heavy (non-hydrogen) atoms. The molecule has 1 aliphatic rings. The maximum Gasteiger partial charge on any atom is 0.0702 e. The fourth-order valence-corrected chi connectivity index (χ4v) is 3.49. The Morgan fingerprint density at radius 1 is 1.16 bits per heavy atom. The first kappa shape index (κ1) is 16.9. The number of hydrogen-bond donors (Lipinski definition) is 1. The predicted molar refractivity (Wildman–Crippen MR) is 82.4 cm³/mol. The summed E-state index contributed by atoms with van der Waals surface area (Å²) in [5.41, 5.74) is 6.39. The van der Waals surface area contributed by atoms with Crippen molar-refractivity contribution in [1.29, 1.82) is 0 Å². The Kier molecular flexibility index (Phi) is 7.96. The average molecular weight is 270 g/mol. The highest BCUT2D eigenvalue weighted by Crippen LogP contribution is 2.30. The maximum absolute atomic E-state index is 6.17. The second kappa shape index (κ2) is 8.93. The number of ether oxygens (including phenoxy) is 1. The van der Waals surface area contributed by atoms with Gasteiger partial charge in [0.2, 0.25) is 0 Å². The highest BCUT2D eigenvalue weighted by molar-refractivity contribution is 4.94. The van der Waals surface area contributed by atoms with Gasteiger partial charge >= 0.3 is 0 Å². The molecule has 0 saturated carbocycles. The van der Waals surface area contributed by atoms with E-state index in [4.69, 9.17) is 10.5 Å². The van der Waals surface area contributed by atoms with Crippen molar-refractivity contribution < 1.29 is 4.74 Å². The summed E-state index contributed by atoms with van der Waals surface area (Å²) in [5.74, 6) is 0. The van der Waals surface area contributed by atoms with Crippen LogP contribution in [0, 0.1) is 0 Å². The molecule has 114 valence electrons. The topological polar surface area (TPSA) is 38.5 Å². The quantitative estimate of drug-likeness (QED) is 0.699. The Bertz CT molecular complexity index is 227. The van der Waals surface area contributed by atoms with Crippen molar-refractivity contribution in [3.8, 4) is 0 Å². The van der Waals surface area contributed by atoms with Gasteiger partial charge in [0.15, 0.2) is 0 Å². The molecule has 1 saturated heterocycles. The highest BCUT2D eigenvalue weighted by Gasteiger charge is 2.36. The van der Waals surface area contributed by atoms with Crippen LogP contribution in [-0.4, -0.2) is 42.8 Å². The summed E-state index contributed by atoms with van der Waals surface area (Å²) in [7, 11) is 0. The first-order valence-corrected chi connectivity index (χ1v) is 8.29. The lowest BCUT2D eigenvalue weighted by Crippen LogP contribution is -2.58. The van der Waals surface area contributed by atoms with Crippen LogP contribution in [-0.2, 0) is 4.74 Å². The zero-order chi connectivity index (χ0) is 14.1. The molecule has 1 rings (SSSR count). The first-order valence-electron chi connectivity index (χ1n) is 8.29.